The molecule has 0 bridgehead atoms. The van der Waals surface area contributed by atoms with Gasteiger partial charge in [-0.05, 0) is 19.1 Å². The van der Waals surface area contributed by atoms with Crippen LogP contribution in [0.1, 0.15) is 33.9 Å². The van der Waals surface area contributed by atoms with Crippen molar-refractivity contribution in [1.82, 2.24) is 24.5 Å². The molecule has 5 atom stereocenters. The van der Waals surface area contributed by atoms with Crippen LogP contribution in [0.2, 0.25) is 0 Å². The number of thioether (sulfide) groups is 1. The number of rotatable bonds is 10. The third kappa shape index (κ3) is 6.55. The van der Waals surface area contributed by atoms with Gasteiger partial charge in [0.05, 0.1) is 16.5 Å². The minimum absolute atomic E-state index is 0.0205. The van der Waals surface area contributed by atoms with E-state index in [1.807, 2.05) is 31.2 Å². The first-order chi connectivity index (χ1) is 20.1. The Bertz CT molecular complexity index is 1590. The average Bonchev–Trinajstić information content (AvgIpc) is 3.61. The summed E-state index contributed by atoms with van der Waals surface area (Å²) in [5, 5.41) is 3.35. The van der Waals surface area contributed by atoms with E-state index in [1.165, 1.54) is 31.7 Å². The van der Waals surface area contributed by atoms with Crippen molar-refractivity contribution in [2.24, 2.45) is 0 Å². The normalized spacial score (nSPS) is 20.9. The van der Waals surface area contributed by atoms with Crippen molar-refractivity contribution >= 4 is 74.2 Å². The van der Waals surface area contributed by atoms with Gasteiger partial charge in [0.15, 0.2) is 39.8 Å². The first kappa shape index (κ1) is 29.5. The number of carbonyl (C=O) groups is 3. The van der Waals surface area contributed by atoms with Gasteiger partial charge in [-0.3, -0.25) is 19.0 Å². The molecule has 0 spiro atoms. The summed E-state index contributed by atoms with van der Waals surface area (Å²) in [5.74, 6) is -0.725. The SMILES string of the molecule is CC(=O)OC[C@H]1O[C@@H](n2cnc3c(N[C@H](C)CSc4nc5ccccc5s4)nc(N)nc32)[C@H](OC(C)=O)[C@@H]1OC(C)=O. The van der Waals surface area contributed by atoms with Crippen molar-refractivity contribution in [1.29, 1.82) is 0 Å². The standard InChI is InChI=1S/C26H29N7O7S2/c1-12(10-41-26-30-16-7-5-6-8-18(16)42-26)29-22-19-23(32-25(27)31-22)33(11-28-19)24-21(39-15(4)36)20(38-14(3)35)17(40-24)9-37-13(2)34/h5-8,11-12,17,20-21,24H,9-10H2,1-4H3,(H3,27,29,31,32)/t12-,17-,20-,21-,24-/m1/s1. The van der Waals surface area contributed by atoms with Crippen molar-refractivity contribution in [3.63, 3.8) is 0 Å². The van der Waals surface area contributed by atoms with E-state index in [2.05, 4.69) is 25.3 Å². The van der Waals surface area contributed by atoms with Gasteiger partial charge in [-0.1, -0.05) is 23.9 Å². The molecule has 0 saturated carbocycles. The molecule has 4 aromatic rings. The number of carbonyl (C=O) groups excluding carboxylic acids is 3. The summed E-state index contributed by atoms with van der Waals surface area (Å²) in [5.41, 5.74) is 7.75. The number of imidazole rings is 1. The Labute approximate surface area is 248 Å². The summed E-state index contributed by atoms with van der Waals surface area (Å²) in [4.78, 5) is 53.3. The smallest absolute Gasteiger partial charge is 0.303 e. The second kappa shape index (κ2) is 12.5. The van der Waals surface area contributed by atoms with Crippen molar-refractivity contribution < 1.29 is 33.3 Å². The molecule has 1 saturated heterocycles. The predicted molar refractivity (Wildman–Crippen MR) is 155 cm³/mol. The highest BCUT2D eigenvalue weighted by atomic mass is 32.2. The summed E-state index contributed by atoms with van der Waals surface area (Å²) in [6, 6.07) is 7.93. The number of nitrogens with one attached hydrogen (secondary N) is 1. The third-order valence-electron chi connectivity index (χ3n) is 6.17. The van der Waals surface area contributed by atoms with Gasteiger partial charge >= 0.3 is 17.9 Å². The summed E-state index contributed by atoms with van der Waals surface area (Å²) in [6.07, 6.45) is -2.67. The fourth-order valence-corrected chi connectivity index (χ4v) is 6.57. The van der Waals surface area contributed by atoms with E-state index in [0.29, 0.717) is 22.7 Å². The van der Waals surface area contributed by atoms with Crippen LogP contribution in [0.15, 0.2) is 34.9 Å². The number of esters is 3. The largest absolute Gasteiger partial charge is 0.463 e. The number of hydrogen-bond acceptors (Lipinski definition) is 15. The molecule has 3 N–H and O–H groups in total. The number of aromatic nitrogens is 5. The average molecular weight is 616 g/mol. The van der Waals surface area contributed by atoms with E-state index >= 15 is 0 Å². The van der Waals surface area contributed by atoms with Crippen LogP contribution >= 0.6 is 23.1 Å². The number of anilines is 2. The Balaban J connectivity index is 1.39. The van der Waals surface area contributed by atoms with Crippen LogP contribution in [-0.2, 0) is 33.3 Å². The minimum atomic E-state index is -1.10. The van der Waals surface area contributed by atoms with Crippen molar-refractivity contribution in [3.8, 4) is 0 Å². The molecule has 0 radical (unpaired) electrons. The van der Waals surface area contributed by atoms with Crippen molar-refractivity contribution in [2.45, 2.75) is 62.6 Å². The van der Waals surface area contributed by atoms with Gasteiger partial charge in [-0.25, -0.2) is 9.97 Å². The molecule has 1 aromatic carbocycles. The Morgan fingerprint density at radius 2 is 1.83 bits per heavy atom. The Morgan fingerprint density at radius 3 is 2.55 bits per heavy atom. The second-order valence-corrected chi connectivity index (χ2v) is 11.9. The van der Waals surface area contributed by atoms with Crippen LogP contribution in [0.5, 0.6) is 0 Å². The lowest BCUT2D eigenvalue weighted by Crippen LogP contribution is -2.40. The molecular formula is C26H29N7O7S2. The number of benzene rings is 1. The molecule has 1 aliphatic heterocycles. The zero-order valence-electron chi connectivity index (χ0n) is 23.2. The lowest BCUT2D eigenvalue weighted by molar-refractivity contribution is -0.166. The molecule has 3 aromatic heterocycles. The fourth-order valence-electron chi connectivity index (χ4n) is 4.52. The first-order valence-corrected chi connectivity index (χ1v) is 14.8. The van der Waals surface area contributed by atoms with E-state index in [-0.39, 0.29) is 18.6 Å². The number of nitrogens with two attached hydrogens (primary N) is 1. The molecule has 0 unspecified atom stereocenters. The van der Waals surface area contributed by atoms with E-state index in [4.69, 9.17) is 24.7 Å². The van der Waals surface area contributed by atoms with Gasteiger partial charge in [0.25, 0.3) is 0 Å². The minimum Gasteiger partial charge on any atom is -0.463 e. The van der Waals surface area contributed by atoms with Gasteiger partial charge in [0.1, 0.15) is 12.7 Å². The first-order valence-electron chi connectivity index (χ1n) is 13.0. The zero-order chi connectivity index (χ0) is 30.0. The van der Waals surface area contributed by atoms with Crippen molar-refractivity contribution in [2.75, 3.05) is 23.4 Å². The van der Waals surface area contributed by atoms with Crippen LogP contribution in [0.4, 0.5) is 11.8 Å². The molecule has 14 nitrogen and oxygen atoms in total. The summed E-state index contributed by atoms with van der Waals surface area (Å²) in [7, 11) is 0. The van der Waals surface area contributed by atoms with Gasteiger partial charge < -0.3 is 30.0 Å². The van der Waals surface area contributed by atoms with E-state index in [1.54, 1.807) is 23.1 Å². The molecule has 1 fully saturated rings. The topological polar surface area (TPSA) is 183 Å². The Morgan fingerprint density at radius 1 is 1.10 bits per heavy atom. The fraction of sp³-hybridized carbons (Fsp3) is 0.423. The molecule has 0 aliphatic carbocycles. The summed E-state index contributed by atoms with van der Waals surface area (Å²) >= 11 is 3.26. The van der Waals surface area contributed by atoms with Gasteiger partial charge in [0.2, 0.25) is 5.95 Å². The van der Waals surface area contributed by atoms with E-state index in [9.17, 15) is 14.4 Å². The molecule has 222 valence electrons. The lowest BCUT2D eigenvalue weighted by Gasteiger charge is -2.23. The number of nitrogen functional groups attached to an aromatic ring is 1. The third-order valence-corrected chi connectivity index (χ3v) is 8.61. The Hall–Kier alpha value is -4.02. The molecule has 4 heterocycles. The lowest BCUT2D eigenvalue weighted by atomic mass is 10.1. The van der Waals surface area contributed by atoms with Crippen LogP contribution < -0.4 is 11.1 Å². The molecule has 5 rings (SSSR count). The van der Waals surface area contributed by atoms with Gasteiger partial charge in [0, 0.05) is 32.6 Å². The monoisotopic (exact) mass is 615 g/mol. The molecule has 1 aliphatic rings. The van der Waals surface area contributed by atoms with Crippen molar-refractivity contribution in [3.05, 3.63) is 30.6 Å². The number of para-hydroxylation sites is 1. The van der Waals surface area contributed by atoms with Crippen LogP contribution in [0, 0.1) is 0 Å². The van der Waals surface area contributed by atoms with E-state index in [0.717, 1.165) is 14.6 Å². The highest BCUT2D eigenvalue weighted by molar-refractivity contribution is 8.01. The molecule has 42 heavy (non-hydrogen) atoms. The summed E-state index contributed by atoms with van der Waals surface area (Å²) < 4.78 is 25.8. The Kier molecular flexibility index (Phi) is 8.74. The number of thiazole rings is 1. The highest BCUT2D eigenvalue weighted by Crippen LogP contribution is 2.37. The number of ether oxygens (including phenoxy) is 4. The molecule has 16 heteroatoms. The van der Waals surface area contributed by atoms with Crippen LogP contribution in [-0.4, -0.2) is 79.1 Å². The zero-order valence-corrected chi connectivity index (χ0v) is 24.8. The number of fused-ring (bicyclic) bond motifs is 2. The van der Waals surface area contributed by atoms with Gasteiger partial charge in [-0.2, -0.15) is 9.97 Å². The molecular weight excluding hydrogens is 586 g/mol. The van der Waals surface area contributed by atoms with Gasteiger partial charge in [-0.15, -0.1) is 11.3 Å². The maximum absolute atomic E-state index is 12.0. The predicted octanol–water partition coefficient (Wildman–Crippen LogP) is 2.93. The highest BCUT2D eigenvalue weighted by Gasteiger charge is 2.51. The maximum Gasteiger partial charge on any atom is 0.303 e. The van der Waals surface area contributed by atoms with Crippen LogP contribution in [0.25, 0.3) is 21.4 Å². The summed E-state index contributed by atoms with van der Waals surface area (Å²) in [6.45, 7) is 5.45. The quantitative estimate of drug-likeness (QED) is 0.151. The molecule has 0 amide bonds. The number of nitrogens with zero attached hydrogens (tertiary/aromatic N) is 5. The second-order valence-electron chi connectivity index (χ2n) is 9.57. The maximum atomic E-state index is 12.0. The number of hydrogen-bond donors (Lipinski definition) is 2. The van der Waals surface area contributed by atoms with Crippen LogP contribution in [0.3, 0.4) is 0 Å². The van der Waals surface area contributed by atoms with E-state index < -0.39 is 42.4 Å².